The van der Waals surface area contributed by atoms with Gasteiger partial charge in [-0.1, -0.05) is 13.0 Å². The Kier molecular flexibility index (Phi) is 4.80. The summed E-state index contributed by atoms with van der Waals surface area (Å²) >= 11 is 0. The zero-order valence-electron chi connectivity index (χ0n) is 17.3. The van der Waals surface area contributed by atoms with Crippen molar-refractivity contribution < 1.29 is 14.3 Å². The van der Waals surface area contributed by atoms with Crippen LogP contribution in [0, 0.1) is 17.3 Å². The van der Waals surface area contributed by atoms with Gasteiger partial charge < -0.3 is 4.74 Å². The molecular formula is C23H30N2O3. The second-order valence-corrected chi connectivity index (χ2v) is 8.95. The lowest BCUT2D eigenvalue weighted by molar-refractivity contribution is -0.132. The van der Waals surface area contributed by atoms with E-state index in [9.17, 15) is 9.59 Å². The first-order valence-corrected chi connectivity index (χ1v) is 10.4. The Labute approximate surface area is 167 Å². The van der Waals surface area contributed by atoms with E-state index in [0.29, 0.717) is 23.5 Å². The van der Waals surface area contributed by atoms with E-state index in [1.54, 1.807) is 14.0 Å². The van der Waals surface area contributed by atoms with Crippen LogP contribution in [-0.2, 0) is 16.0 Å². The fraction of sp³-hybridized carbons (Fsp3) is 0.609. The minimum Gasteiger partial charge on any atom is -0.427 e. The average molecular weight is 383 g/mol. The van der Waals surface area contributed by atoms with E-state index in [-0.39, 0.29) is 17.3 Å². The van der Waals surface area contributed by atoms with Gasteiger partial charge in [-0.25, -0.2) is 5.01 Å². The number of nitrogens with zero attached hydrogens (tertiary/aromatic N) is 2. The zero-order valence-corrected chi connectivity index (χ0v) is 17.3. The smallest absolute Gasteiger partial charge is 0.308 e. The van der Waals surface area contributed by atoms with Crippen molar-refractivity contribution in [3.8, 4) is 5.75 Å². The van der Waals surface area contributed by atoms with Gasteiger partial charge in [-0.2, -0.15) is 5.10 Å². The van der Waals surface area contributed by atoms with Crippen LogP contribution in [-0.4, -0.2) is 29.6 Å². The molecule has 3 aliphatic carbocycles. The molecule has 0 radical (unpaired) electrons. The minimum atomic E-state index is -0.268. The summed E-state index contributed by atoms with van der Waals surface area (Å²) in [5, 5.41) is 6.21. The van der Waals surface area contributed by atoms with E-state index in [1.165, 1.54) is 41.6 Å². The van der Waals surface area contributed by atoms with Crippen LogP contribution in [0.1, 0.15) is 69.9 Å². The Morgan fingerprint density at radius 2 is 1.96 bits per heavy atom. The van der Waals surface area contributed by atoms with E-state index in [1.807, 2.05) is 6.07 Å². The zero-order chi connectivity index (χ0) is 20.1. The molecule has 0 heterocycles. The van der Waals surface area contributed by atoms with E-state index < -0.39 is 0 Å². The van der Waals surface area contributed by atoms with Crippen molar-refractivity contribution in [2.45, 2.75) is 65.2 Å². The molecule has 3 aliphatic rings. The lowest BCUT2D eigenvalue weighted by atomic mass is 9.55. The summed E-state index contributed by atoms with van der Waals surface area (Å²) in [5.41, 5.74) is 4.11. The van der Waals surface area contributed by atoms with Gasteiger partial charge in [0.1, 0.15) is 5.75 Å². The highest BCUT2D eigenvalue weighted by atomic mass is 16.5. The van der Waals surface area contributed by atoms with Gasteiger partial charge in [-0.3, -0.25) is 9.59 Å². The number of hydrazone groups is 1. The molecule has 150 valence electrons. The number of fused-ring (bicyclic) bond motifs is 5. The van der Waals surface area contributed by atoms with Gasteiger partial charge in [0.05, 0.1) is 0 Å². The molecule has 0 aliphatic heterocycles. The van der Waals surface area contributed by atoms with Gasteiger partial charge in [0.15, 0.2) is 0 Å². The Morgan fingerprint density at radius 3 is 2.68 bits per heavy atom. The molecule has 1 aromatic carbocycles. The molecule has 5 nitrogen and oxygen atoms in total. The number of hydrogen-bond donors (Lipinski definition) is 0. The van der Waals surface area contributed by atoms with E-state index in [4.69, 9.17) is 9.84 Å². The number of ether oxygens (including phenoxy) is 1. The van der Waals surface area contributed by atoms with Crippen molar-refractivity contribution in [2.75, 3.05) is 7.05 Å². The third kappa shape index (κ3) is 3.15. The summed E-state index contributed by atoms with van der Waals surface area (Å²) in [6, 6.07) is 6.18. The molecule has 2 fully saturated rings. The third-order valence-corrected chi connectivity index (χ3v) is 7.43. The van der Waals surface area contributed by atoms with Gasteiger partial charge in [-0.05, 0) is 79.5 Å². The number of esters is 1. The van der Waals surface area contributed by atoms with Crippen LogP contribution in [0.5, 0.6) is 5.75 Å². The van der Waals surface area contributed by atoms with Gasteiger partial charge in [-0.15, -0.1) is 0 Å². The number of rotatable bonds is 2. The van der Waals surface area contributed by atoms with Crippen LogP contribution >= 0.6 is 0 Å². The van der Waals surface area contributed by atoms with E-state index in [0.717, 1.165) is 25.7 Å². The fourth-order valence-corrected chi connectivity index (χ4v) is 5.99. The number of benzene rings is 1. The minimum absolute atomic E-state index is 0.0107. The Hall–Kier alpha value is -2.17. The summed E-state index contributed by atoms with van der Waals surface area (Å²) in [6.45, 7) is 5.38. The summed E-state index contributed by atoms with van der Waals surface area (Å²) in [4.78, 5) is 22.9. The topological polar surface area (TPSA) is 59.0 Å². The monoisotopic (exact) mass is 382 g/mol. The lowest BCUT2D eigenvalue weighted by Gasteiger charge is -2.49. The van der Waals surface area contributed by atoms with E-state index in [2.05, 4.69) is 19.1 Å². The first-order chi connectivity index (χ1) is 13.3. The van der Waals surface area contributed by atoms with Crippen LogP contribution < -0.4 is 4.74 Å². The van der Waals surface area contributed by atoms with Crippen molar-refractivity contribution >= 4 is 17.6 Å². The van der Waals surface area contributed by atoms with Gasteiger partial charge >= 0.3 is 5.97 Å². The van der Waals surface area contributed by atoms with Crippen molar-refractivity contribution in [3.05, 3.63) is 29.3 Å². The number of carbonyl (C=O) groups excluding carboxylic acids is 2. The largest absolute Gasteiger partial charge is 0.427 e. The fourth-order valence-electron chi connectivity index (χ4n) is 5.99. The van der Waals surface area contributed by atoms with Gasteiger partial charge in [0.2, 0.25) is 5.91 Å². The van der Waals surface area contributed by atoms with Crippen LogP contribution in [0.3, 0.4) is 0 Å². The van der Waals surface area contributed by atoms with Crippen LogP contribution in [0.15, 0.2) is 23.3 Å². The first-order valence-electron chi connectivity index (χ1n) is 10.4. The molecule has 0 bridgehead atoms. The van der Waals surface area contributed by atoms with Crippen molar-refractivity contribution in [1.29, 1.82) is 0 Å². The highest BCUT2D eigenvalue weighted by Crippen LogP contribution is 2.60. The van der Waals surface area contributed by atoms with Crippen LogP contribution in [0.4, 0.5) is 0 Å². The summed E-state index contributed by atoms with van der Waals surface area (Å²) in [5.74, 6) is 2.26. The van der Waals surface area contributed by atoms with Crippen molar-refractivity contribution in [3.63, 3.8) is 0 Å². The highest BCUT2D eigenvalue weighted by molar-refractivity contribution is 5.93. The molecule has 28 heavy (non-hydrogen) atoms. The summed E-state index contributed by atoms with van der Waals surface area (Å²) in [6.07, 6.45) is 6.66. The Balaban J connectivity index is 1.60. The SMILES string of the molecule is CC(=O)Oc1ccc2c(c1)CCC1C2CCC2(C)C(=NN(C)C(C)=O)CCC12. The number of carbonyl (C=O) groups is 2. The molecule has 4 rings (SSSR count). The van der Waals surface area contributed by atoms with Crippen LogP contribution in [0.2, 0.25) is 0 Å². The summed E-state index contributed by atoms with van der Waals surface area (Å²) in [7, 11) is 1.76. The van der Waals surface area contributed by atoms with Crippen LogP contribution in [0.25, 0.3) is 0 Å². The summed E-state index contributed by atoms with van der Waals surface area (Å²) < 4.78 is 5.29. The third-order valence-electron chi connectivity index (χ3n) is 7.43. The quantitative estimate of drug-likeness (QED) is 0.435. The van der Waals surface area contributed by atoms with Gasteiger partial charge in [0.25, 0.3) is 0 Å². The Morgan fingerprint density at radius 1 is 1.18 bits per heavy atom. The number of hydrogen-bond acceptors (Lipinski definition) is 4. The van der Waals surface area contributed by atoms with E-state index >= 15 is 0 Å². The maximum absolute atomic E-state index is 11.6. The second kappa shape index (κ2) is 7.02. The lowest BCUT2D eigenvalue weighted by Crippen LogP contribution is -2.43. The molecular weight excluding hydrogens is 352 g/mol. The normalized spacial score (nSPS) is 32.3. The number of aryl methyl sites for hydroxylation is 1. The first kappa shape index (κ1) is 19.2. The molecule has 0 aromatic heterocycles. The average Bonchev–Trinajstić information content (AvgIpc) is 2.97. The molecule has 0 spiro atoms. The maximum Gasteiger partial charge on any atom is 0.308 e. The second-order valence-electron chi connectivity index (χ2n) is 8.95. The standard InChI is InChI=1S/C23H30N2O3/c1-14(26)25(4)24-22-10-9-21-20-7-5-16-13-17(28-15(2)27)6-8-18(16)19(20)11-12-23(21,22)3/h6,8,13,19-21H,5,7,9-12H2,1-4H3. The predicted molar refractivity (Wildman–Crippen MR) is 108 cm³/mol. The molecule has 2 saturated carbocycles. The molecule has 1 aromatic rings. The predicted octanol–water partition coefficient (Wildman–Crippen LogP) is 4.30. The molecule has 4 atom stereocenters. The number of amides is 1. The molecule has 5 heteroatoms. The van der Waals surface area contributed by atoms with Crippen molar-refractivity contribution in [2.24, 2.45) is 22.4 Å². The molecule has 1 amide bonds. The highest BCUT2D eigenvalue weighted by Gasteiger charge is 2.53. The maximum atomic E-state index is 11.6. The molecule has 0 N–H and O–H groups in total. The molecule has 4 unspecified atom stereocenters. The van der Waals surface area contributed by atoms with Gasteiger partial charge in [0, 0.05) is 32.0 Å². The Bertz CT molecular complexity index is 846. The van der Waals surface area contributed by atoms with Crippen molar-refractivity contribution in [1.82, 2.24) is 5.01 Å². The molecule has 0 saturated heterocycles.